The molecule has 0 spiro atoms. The van der Waals surface area contributed by atoms with Crippen molar-refractivity contribution in [1.82, 2.24) is 9.62 Å². The van der Waals surface area contributed by atoms with E-state index in [4.69, 9.17) is 0 Å². The summed E-state index contributed by atoms with van der Waals surface area (Å²) in [4.78, 5) is 25.0. The third-order valence-electron chi connectivity index (χ3n) is 5.78. The molecule has 162 valence electrons. The first kappa shape index (κ1) is 21.2. The maximum absolute atomic E-state index is 13.2. The van der Waals surface area contributed by atoms with E-state index in [-0.39, 0.29) is 34.5 Å². The van der Waals surface area contributed by atoms with Crippen LogP contribution >= 0.6 is 0 Å². The van der Waals surface area contributed by atoms with E-state index >= 15 is 0 Å². The molecule has 0 bridgehead atoms. The molecule has 1 fully saturated rings. The van der Waals surface area contributed by atoms with Gasteiger partial charge >= 0.3 is 0 Å². The van der Waals surface area contributed by atoms with E-state index in [1.165, 1.54) is 19.1 Å². The molecule has 4 rings (SSSR count). The molecule has 2 amide bonds. The first-order valence-corrected chi connectivity index (χ1v) is 11.6. The van der Waals surface area contributed by atoms with Crippen molar-refractivity contribution >= 4 is 26.7 Å². The molecule has 1 aliphatic heterocycles. The number of hydrogen-bond donors (Lipinski definition) is 1. The van der Waals surface area contributed by atoms with E-state index in [1.807, 2.05) is 0 Å². The van der Waals surface area contributed by atoms with Gasteiger partial charge in [0.2, 0.25) is 0 Å². The fourth-order valence-electron chi connectivity index (χ4n) is 4.09. The Morgan fingerprint density at radius 2 is 1.68 bits per heavy atom. The molecule has 1 heterocycles. The lowest BCUT2D eigenvalue weighted by molar-refractivity contribution is -0.122. The van der Waals surface area contributed by atoms with Crippen LogP contribution in [-0.2, 0) is 21.4 Å². The molecule has 0 saturated heterocycles. The third-order valence-corrected chi connectivity index (χ3v) is 7.71. The van der Waals surface area contributed by atoms with Crippen LogP contribution in [0.25, 0.3) is 4.91 Å². The number of carbonyl (C=O) groups is 2. The Bertz CT molecular complexity index is 1150. The summed E-state index contributed by atoms with van der Waals surface area (Å²) in [6.45, 7) is 1.31. The van der Waals surface area contributed by atoms with Crippen molar-refractivity contribution in [3.05, 3.63) is 76.6 Å². The van der Waals surface area contributed by atoms with Gasteiger partial charge in [-0.15, -0.1) is 0 Å². The molecule has 0 atom stereocenters. The van der Waals surface area contributed by atoms with Gasteiger partial charge in [-0.05, 0) is 55.2 Å². The second kappa shape index (κ2) is 8.26. The molecular weight excluding hydrogens is 419 g/mol. The van der Waals surface area contributed by atoms with Gasteiger partial charge in [0, 0.05) is 17.2 Å². The topological polar surface area (TPSA) is 83.6 Å². The first-order chi connectivity index (χ1) is 14.8. The van der Waals surface area contributed by atoms with Crippen LogP contribution in [0.2, 0.25) is 0 Å². The standard InChI is InChI=1S/C23H23FN2O4S/c1-15-21(17-10-12-19(24)13-11-17)31(29,30)26(23(15)28)14-16-6-8-18(9-7-16)22(27)25-20-4-2-3-5-20/h6-13,20H,2-5,14H2,1H3,(H,25,27). The predicted molar refractivity (Wildman–Crippen MR) is 115 cm³/mol. The molecule has 6 nitrogen and oxygen atoms in total. The Balaban J connectivity index is 1.51. The first-order valence-electron chi connectivity index (χ1n) is 10.2. The van der Waals surface area contributed by atoms with Gasteiger partial charge in [-0.1, -0.05) is 37.1 Å². The van der Waals surface area contributed by atoms with E-state index < -0.39 is 21.7 Å². The van der Waals surface area contributed by atoms with E-state index in [0.717, 1.165) is 42.1 Å². The number of nitrogens with one attached hydrogen (secondary N) is 1. The van der Waals surface area contributed by atoms with Crippen LogP contribution in [0.5, 0.6) is 0 Å². The van der Waals surface area contributed by atoms with E-state index in [1.54, 1.807) is 24.3 Å². The number of nitrogens with zero attached hydrogens (tertiary/aromatic N) is 1. The normalized spacial score (nSPS) is 18.6. The van der Waals surface area contributed by atoms with Crippen LogP contribution in [-0.4, -0.2) is 30.6 Å². The molecule has 2 aromatic carbocycles. The highest BCUT2D eigenvalue weighted by Crippen LogP contribution is 2.36. The lowest BCUT2D eigenvalue weighted by Crippen LogP contribution is -2.32. The van der Waals surface area contributed by atoms with Gasteiger partial charge in [0.15, 0.2) is 0 Å². The summed E-state index contributed by atoms with van der Waals surface area (Å²) in [6.07, 6.45) is 4.22. The largest absolute Gasteiger partial charge is 0.349 e. The number of benzene rings is 2. The minimum Gasteiger partial charge on any atom is -0.349 e. The molecule has 0 aromatic heterocycles. The SMILES string of the molecule is CC1=C(c2ccc(F)cc2)S(=O)(=O)N(Cc2ccc(C(=O)NC3CCCC3)cc2)C1=O. The Hall–Kier alpha value is -3.00. The molecule has 1 N–H and O–H groups in total. The molecule has 1 aliphatic carbocycles. The molecular formula is C23H23FN2O4S. The summed E-state index contributed by atoms with van der Waals surface area (Å²) >= 11 is 0. The van der Waals surface area contributed by atoms with Crippen molar-refractivity contribution in [2.24, 2.45) is 0 Å². The summed E-state index contributed by atoms with van der Waals surface area (Å²) in [6, 6.07) is 11.8. The number of hydrogen-bond acceptors (Lipinski definition) is 4. The smallest absolute Gasteiger partial charge is 0.268 e. The van der Waals surface area contributed by atoms with Crippen molar-refractivity contribution in [2.45, 2.75) is 45.2 Å². The summed E-state index contributed by atoms with van der Waals surface area (Å²) in [7, 11) is -4.07. The zero-order valence-corrected chi connectivity index (χ0v) is 17.9. The van der Waals surface area contributed by atoms with Gasteiger partial charge < -0.3 is 5.32 Å². The second-order valence-electron chi connectivity index (χ2n) is 7.93. The van der Waals surface area contributed by atoms with Crippen molar-refractivity contribution < 1.29 is 22.4 Å². The second-order valence-corrected chi connectivity index (χ2v) is 9.73. The summed E-state index contributed by atoms with van der Waals surface area (Å²) in [5, 5.41) is 3.01. The molecule has 8 heteroatoms. The van der Waals surface area contributed by atoms with E-state index in [2.05, 4.69) is 5.32 Å². The van der Waals surface area contributed by atoms with Gasteiger partial charge in [0.1, 0.15) is 10.7 Å². The fourth-order valence-corrected chi connectivity index (χ4v) is 5.89. The highest BCUT2D eigenvalue weighted by molar-refractivity contribution is 7.99. The van der Waals surface area contributed by atoms with Crippen molar-refractivity contribution in [3.63, 3.8) is 0 Å². The van der Waals surface area contributed by atoms with Crippen LogP contribution in [0.3, 0.4) is 0 Å². The quantitative estimate of drug-likeness (QED) is 0.767. The van der Waals surface area contributed by atoms with E-state index in [0.29, 0.717) is 11.1 Å². The lowest BCUT2D eigenvalue weighted by Gasteiger charge is -2.17. The number of halogens is 1. The van der Waals surface area contributed by atoms with E-state index in [9.17, 15) is 22.4 Å². The van der Waals surface area contributed by atoms with Crippen LogP contribution < -0.4 is 5.32 Å². The number of rotatable bonds is 5. The highest BCUT2D eigenvalue weighted by Gasteiger charge is 2.42. The molecule has 1 saturated carbocycles. The predicted octanol–water partition coefficient (Wildman–Crippen LogP) is 3.60. The molecule has 0 radical (unpaired) electrons. The Labute approximate surface area is 180 Å². The zero-order valence-electron chi connectivity index (χ0n) is 17.1. The Morgan fingerprint density at radius 3 is 2.29 bits per heavy atom. The highest BCUT2D eigenvalue weighted by atomic mass is 32.2. The third kappa shape index (κ3) is 4.12. The van der Waals surface area contributed by atoms with Crippen molar-refractivity contribution in [3.8, 4) is 0 Å². The van der Waals surface area contributed by atoms with Crippen molar-refractivity contribution in [1.29, 1.82) is 0 Å². The van der Waals surface area contributed by atoms with Gasteiger partial charge in [-0.2, -0.15) is 0 Å². The lowest BCUT2D eigenvalue weighted by atomic mass is 10.1. The number of amides is 2. The monoisotopic (exact) mass is 442 g/mol. The van der Waals surface area contributed by atoms with Crippen molar-refractivity contribution in [2.75, 3.05) is 0 Å². The average Bonchev–Trinajstić information content (AvgIpc) is 3.31. The molecule has 31 heavy (non-hydrogen) atoms. The van der Waals surface area contributed by atoms with Gasteiger partial charge in [-0.3, -0.25) is 9.59 Å². The van der Waals surface area contributed by atoms with Crippen LogP contribution in [0.4, 0.5) is 4.39 Å². The zero-order chi connectivity index (χ0) is 22.2. The van der Waals surface area contributed by atoms with Crippen LogP contribution in [0.15, 0.2) is 54.1 Å². The summed E-state index contributed by atoms with van der Waals surface area (Å²) in [5.41, 5.74) is 1.45. The van der Waals surface area contributed by atoms with Crippen LogP contribution in [0, 0.1) is 5.82 Å². The number of sulfonamides is 1. The molecule has 2 aromatic rings. The minimum absolute atomic E-state index is 0.0965. The Kier molecular flexibility index (Phi) is 5.66. The average molecular weight is 443 g/mol. The molecule has 2 aliphatic rings. The number of carbonyl (C=O) groups excluding carboxylic acids is 2. The van der Waals surface area contributed by atoms with Gasteiger partial charge in [0.25, 0.3) is 21.8 Å². The maximum Gasteiger partial charge on any atom is 0.268 e. The fraction of sp³-hybridized carbons (Fsp3) is 0.304. The molecule has 0 unspecified atom stereocenters. The van der Waals surface area contributed by atoms with Gasteiger partial charge in [-0.25, -0.2) is 17.1 Å². The summed E-state index contributed by atoms with van der Waals surface area (Å²) in [5.74, 6) is -1.25. The minimum atomic E-state index is -4.07. The Morgan fingerprint density at radius 1 is 1.06 bits per heavy atom. The van der Waals surface area contributed by atoms with Gasteiger partial charge in [0.05, 0.1) is 6.54 Å². The van der Waals surface area contributed by atoms with Crippen LogP contribution in [0.1, 0.15) is 54.1 Å². The maximum atomic E-state index is 13.2. The summed E-state index contributed by atoms with van der Waals surface area (Å²) < 4.78 is 40.2.